The lowest BCUT2D eigenvalue weighted by Gasteiger charge is -2.02. The van der Waals surface area contributed by atoms with Gasteiger partial charge in [0.25, 0.3) is 0 Å². The molecule has 0 fully saturated rings. The van der Waals surface area contributed by atoms with Gasteiger partial charge in [0.2, 0.25) is 0 Å². The van der Waals surface area contributed by atoms with Gasteiger partial charge in [-0.1, -0.05) is 6.07 Å². The predicted molar refractivity (Wildman–Crippen MR) is 68.1 cm³/mol. The minimum absolute atomic E-state index is 0.0708. The number of hydrogen-bond acceptors (Lipinski definition) is 2. The summed E-state index contributed by atoms with van der Waals surface area (Å²) in [7, 11) is 0. The van der Waals surface area contributed by atoms with E-state index >= 15 is 0 Å². The number of rotatable bonds is 4. The number of carbonyl (C=O) groups excluding carboxylic acids is 1. The second-order valence-corrected chi connectivity index (χ2v) is 5.00. The Hall–Kier alpha value is -1.48. The summed E-state index contributed by atoms with van der Waals surface area (Å²) in [6, 6.07) is 8.53. The number of aryl methyl sites for hydroxylation is 2. The molecule has 0 N–H and O–H groups in total. The van der Waals surface area contributed by atoms with Gasteiger partial charge in [-0.2, -0.15) is 0 Å². The van der Waals surface area contributed by atoms with Crippen LogP contribution < -0.4 is 0 Å². The van der Waals surface area contributed by atoms with Crippen LogP contribution in [-0.4, -0.2) is 5.78 Å². The maximum Gasteiger partial charge on any atom is 0.163 e. The van der Waals surface area contributed by atoms with Gasteiger partial charge in [-0.3, -0.25) is 4.79 Å². The molecule has 0 spiro atoms. The smallest absolute Gasteiger partial charge is 0.163 e. The van der Waals surface area contributed by atoms with Crippen LogP contribution in [-0.2, 0) is 6.42 Å². The molecule has 17 heavy (non-hydrogen) atoms. The van der Waals surface area contributed by atoms with Gasteiger partial charge in [-0.15, -0.1) is 11.3 Å². The third-order valence-electron chi connectivity index (χ3n) is 2.66. The van der Waals surface area contributed by atoms with E-state index in [1.807, 2.05) is 17.5 Å². The van der Waals surface area contributed by atoms with Gasteiger partial charge in [0.1, 0.15) is 5.82 Å². The Morgan fingerprint density at radius 1 is 1.35 bits per heavy atom. The normalized spacial score (nSPS) is 10.5. The highest BCUT2D eigenvalue weighted by atomic mass is 32.1. The number of Topliss-reactive ketones (excluding diaryl/α,β-unsaturated/α-hetero) is 1. The van der Waals surface area contributed by atoms with E-state index in [0.717, 1.165) is 6.42 Å². The average Bonchev–Trinajstić information content (AvgIpc) is 2.82. The van der Waals surface area contributed by atoms with E-state index in [1.165, 1.54) is 10.9 Å². The standard InChI is InChI=1S/C14H13FOS/c1-10-9-11(4-6-13(10)15)14(16)7-5-12-3-2-8-17-12/h2-4,6,8-9H,5,7H2,1H3. The van der Waals surface area contributed by atoms with Crippen LogP contribution in [0.3, 0.4) is 0 Å². The third-order valence-corrected chi connectivity index (χ3v) is 3.59. The lowest BCUT2D eigenvalue weighted by Crippen LogP contribution is -2.01. The lowest BCUT2D eigenvalue weighted by molar-refractivity contribution is 0.0983. The molecule has 0 bridgehead atoms. The van der Waals surface area contributed by atoms with Crippen LogP contribution in [0.5, 0.6) is 0 Å². The summed E-state index contributed by atoms with van der Waals surface area (Å²) < 4.78 is 13.1. The van der Waals surface area contributed by atoms with Crippen LogP contribution in [0, 0.1) is 12.7 Å². The molecule has 0 saturated heterocycles. The highest BCUT2D eigenvalue weighted by Crippen LogP contribution is 2.15. The zero-order chi connectivity index (χ0) is 12.3. The molecule has 2 rings (SSSR count). The van der Waals surface area contributed by atoms with Crippen LogP contribution in [0.1, 0.15) is 27.2 Å². The van der Waals surface area contributed by atoms with Gasteiger partial charge in [-0.25, -0.2) is 4.39 Å². The van der Waals surface area contributed by atoms with Crippen molar-refractivity contribution in [1.82, 2.24) is 0 Å². The molecule has 0 radical (unpaired) electrons. The van der Waals surface area contributed by atoms with E-state index in [4.69, 9.17) is 0 Å². The van der Waals surface area contributed by atoms with E-state index in [1.54, 1.807) is 30.4 Å². The first-order valence-corrected chi connectivity index (χ1v) is 6.36. The second kappa shape index (κ2) is 5.23. The van der Waals surface area contributed by atoms with E-state index in [2.05, 4.69) is 0 Å². The van der Waals surface area contributed by atoms with Crippen LogP contribution in [0.25, 0.3) is 0 Å². The summed E-state index contributed by atoms with van der Waals surface area (Å²) in [4.78, 5) is 13.1. The van der Waals surface area contributed by atoms with Crippen molar-refractivity contribution in [2.45, 2.75) is 19.8 Å². The Balaban J connectivity index is 2.02. The largest absolute Gasteiger partial charge is 0.294 e. The van der Waals surface area contributed by atoms with Crippen molar-refractivity contribution in [1.29, 1.82) is 0 Å². The number of ketones is 1. The second-order valence-electron chi connectivity index (χ2n) is 3.97. The fraction of sp³-hybridized carbons (Fsp3) is 0.214. The van der Waals surface area contributed by atoms with Gasteiger partial charge < -0.3 is 0 Å². The lowest BCUT2D eigenvalue weighted by atomic mass is 10.0. The van der Waals surface area contributed by atoms with Crippen molar-refractivity contribution in [3.63, 3.8) is 0 Å². The first-order chi connectivity index (χ1) is 8.16. The van der Waals surface area contributed by atoms with Crippen LogP contribution >= 0.6 is 11.3 Å². The zero-order valence-corrected chi connectivity index (χ0v) is 10.4. The topological polar surface area (TPSA) is 17.1 Å². The molecule has 3 heteroatoms. The zero-order valence-electron chi connectivity index (χ0n) is 9.57. The Labute approximate surface area is 104 Å². The van der Waals surface area contributed by atoms with Crippen molar-refractivity contribution in [3.05, 3.63) is 57.5 Å². The number of hydrogen-bond donors (Lipinski definition) is 0. The summed E-state index contributed by atoms with van der Waals surface area (Å²) >= 11 is 1.65. The molecule has 1 aromatic heterocycles. The molecule has 0 aliphatic heterocycles. The molecule has 88 valence electrons. The fourth-order valence-corrected chi connectivity index (χ4v) is 2.36. The first kappa shape index (κ1) is 12.0. The molecule has 0 atom stereocenters. The van der Waals surface area contributed by atoms with Gasteiger partial charge >= 0.3 is 0 Å². The molecule has 2 aromatic rings. The minimum atomic E-state index is -0.264. The monoisotopic (exact) mass is 248 g/mol. The Morgan fingerprint density at radius 2 is 2.18 bits per heavy atom. The van der Waals surface area contributed by atoms with Gasteiger partial charge in [-0.05, 0) is 48.6 Å². The fourth-order valence-electron chi connectivity index (χ4n) is 1.65. The number of thiophene rings is 1. The highest BCUT2D eigenvalue weighted by molar-refractivity contribution is 7.09. The van der Waals surface area contributed by atoms with Gasteiger partial charge in [0.05, 0.1) is 0 Å². The summed E-state index contributed by atoms with van der Waals surface area (Å²) in [5.41, 5.74) is 1.12. The molecular weight excluding hydrogens is 235 g/mol. The van der Waals surface area contributed by atoms with Crippen LogP contribution in [0.4, 0.5) is 4.39 Å². The van der Waals surface area contributed by atoms with Crippen molar-refractivity contribution in [3.8, 4) is 0 Å². The van der Waals surface area contributed by atoms with Crippen LogP contribution in [0.2, 0.25) is 0 Å². The van der Waals surface area contributed by atoms with Crippen molar-refractivity contribution in [2.75, 3.05) is 0 Å². The summed E-state index contributed by atoms with van der Waals surface area (Å²) in [6.45, 7) is 1.67. The molecule has 1 nitrogen and oxygen atoms in total. The van der Waals surface area contributed by atoms with Crippen LogP contribution in [0.15, 0.2) is 35.7 Å². The number of halogens is 1. The quantitative estimate of drug-likeness (QED) is 0.747. The Bertz CT molecular complexity index is 517. The minimum Gasteiger partial charge on any atom is -0.294 e. The average molecular weight is 248 g/mol. The molecule has 0 saturated carbocycles. The van der Waals surface area contributed by atoms with Crippen molar-refractivity contribution in [2.24, 2.45) is 0 Å². The summed E-state index contributed by atoms with van der Waals surface area (Å²) in [6.07, 6.45) is 1.23. The van der Waals surface area contributed by atoms with Gasteiger partial charge in [0.15, 0.2) is 5.78 Å². The molecule has 1 heterocycles. The van der Waals surface area contributed by atoms with E-state index in [-0.39, 0.29) is 11.6 Å². The molecule has 0 unspecified atom stereocenters. The first-order valence-electron chi connectivity index (χ1n) is 5.48. The summed E-state index contributed by atoms with van der Waals surface area (Å²) in [5.74, 6) is -0.193. The van der Waals surface area contributed by atoms with E-state index in [0.29, 0.717) is 17.5 Å². The molecule has 0 amide bonds. The number of carbonyl (C=O) groups is 1. The predicted octanol–water partition coefficient (Wildman–Crippen LogP) is 4.01. The molecular formula is C14H13FOS. The maximum atomic E-state index is 13.1. The number of benzene rings is 1. The highest BCUT2D eigenvalue weighted by Gasteiger charge is 2.08. The SMILES string of the molecule is Cc1cc(C(=O)CCc2cccs2)ccc1F. The molecule has 1 aromatic carbocycles. The molecule has 0 aliphatic carbocycles. The molecule has 0 aliphatic rings. The third kappa shape index (κ3) is 3.01. The maximum absolute atomic E-state index is 13.1. The summed E-state index contributed by atoms with van der Waals surface area (Å²) in [5, 5.41) is 2.00. The van der Waals surface area contributed by atoms with Gasteiger partial charge in [0, 0.05) is 16.9 Å². The Kier molecular flexibility index (Phi) is 3.69. The van der Waals surface area contributed by atoms with Crippen molar-refractivity contribution >= 4 is 17.1 Å². The van der Waals surface area contributed by atoms with E-state index in [9.17, 15) is 9.18 Å². The van der Waals surface area contributed by atoms with Crippen molar-refractivity contribution < 1.29 is 9.18 Å². The van der Waals surface area contributed by atoms with E-state index < -0.39 is 0 Å². The Morgan fingerprint density at radius 3 is 2.82 bits per heavy atom.